The van der Waals surface area contributed by atoms with Gasteiger partial charge in [-0.2, -0.15) is 0 Å². The van der Waals surface area contributed by atoms with E-state index < -0.39 is 12.0 Å². The Kier molecular flexibility index (Phi) is 4.24. The number of hydrogen-bond acceptors (Lipinski definition) is 2. The Morgan fingerprint density at radius 1 is 1.39 bits per heavy atom. The third-order valence-corrected chi connectivity index (χ3v) is 3.83. The molecule has 1 N–H and O–H groups in total. The molecule has 0 aromatic heterocycles. The van der Waals surface area contributed by atoms with E-state index in [2.05, 4.69) is 0 Å². The van der Waals surface area contributed by atoms with Gasteiger partial charge in [-0.3, -0.25) is 0 Å². The smallest absolute Gasteiger partial charge is 0.327 e. The van der Waals surface area contributed by atoms with Crippen LogP contribution in [0.15, 0.2) is 0 Å². The number of hydrogen-bond donors (Lipinski definition) is 1. The summed E-state index contributed by atoms with van der Waals surface area (Å²) < 4.78 is 0. The number of aliphatic carboxylic acids is 1. The molecule has 0 aromatic carbocycles. The SMILES string of the molecule is CC(C)N(C)C(=O)N1CCCC(C)(C)C1C(=O)O. The summed E-state index contributed by atoms with van der Waals surface area (Å²) in [6, 6.07) is -0.859. The van der Waals surface area contributed by atoms with Crippen molar-refractivity contribution in [3.63, 3.8) is 0 Å². The first kappa shape index (κ1) is 14.8. The molecule has 0 bridgehead atoms. The molecular formula is C13H24N2O3. The molecule has 5 nitrogen and oxygen atoms in total. The van der Waals surface area contributed by atoms with Gasteiger partial charge in [-0.15, -0.1) is 0 Å². The van der Waals surface area contributed by atoms with Crippen LogP contribution in [0.5, 0.6) is 0 Å². The summed E-state index contributed by atoms with van der Waals surface area (Å²) in [7, 11) is 1.72. The van der Waals surface area contributed by atoms with Gasteiger partial charge in [-0.25, -0.2) is 9.59 Å². The zero-order chi connectivity index (χ0) is 14.1. The monoisotopic (exact) mass is 256 g/mol. The first-order valence-corrected chi connectivity index (χ1v) is 6.44. The fourth-order valence-corrected chi connectivity index (χ4v) is 2.49. The molecule has 2 amide bonds. The van der Waals surface area contributed by atoms with Gasteiger partial charge >= 0.3 is 12.0 Å². The molecule has 0 saturated carbocycles. The first-order valence-electron chi connectivity index (χ1n) is 6.44. The molecule has 1 rings (SSSR count). The number of carbonyl (C=O) groups is 2. The molecule has 1 atom stereocenters. The standard InChI is InChI=1S/C13H24N2O3/c1-9(2)14(5)12(18)15-8-6-7-13(3,4)10(15)11(16)17/h9-10H,6-8H2,1-5H3,(H,16,17). The third-order valence-electron chi connectivity index (χ3n) is 3.83. The number of nitrogens with zero attached hydrogens (tertiary/aromatic N) is 2. The van der Waals surface area contributed by atoms with Crippen LogP contribution in [0, 0.1) is 5.41 Å². The largest absolute Gasteiger partial charge is 0.480 e. The zero-order valence-electron chi connectivity index (χ0n) is 11.9. The lowest BCUT2D eigenvalue weighted by atomic mass is 9.76. The number of piperidine rings is 1. The summed E-state index contributed by atoms with van der Waals surface area (Å²) in [6.07, 6.45) is 1.69. The molecule has 1 saturated heterocycles. The van der Waals surface area contributed by atoms with E-state index in [4.69, 9.17) is 0 Å². The first-order chi connectivity index (χ1) is 8.18. The molecule has 1 aliphatic rings. The average molecular weight is 256 g/mol. The number of carboxylic acid groups (broad SMARTS) is 1. The van der Waals surface area contributed by atoms with Crippen molar-refractivity contribution in [2.24, 2.45) is 5.41 Å². The zero-order valence-corrected chi connectivity index (χ0v) is 11.9. The molecule has 5 heteroatoms. The maximum absolute atomic E-state index is 12.3. The van der Waals surface area contributed by atoms with Gasteiger partial charge in [0.05, 0.1) is 0 Å². The van der Waals surface area contributed by atoms with Gasteiger partial charge in [0.2, 0.25) is 0 Å². The summed E-state index contributed by atoms with van der Waals surface area (Å²) in [6.45, 7) is 8.20. The highest BCUT2D eigenvalue weighted by molar-refractivity contribution is 5.83. The minimum Gasteiger partial charge on any atom is -0.480 e. The van der Waals surface area contributed by atoms with Crippen molar-refractivity contribution in [1.29, 1.82) is 0 Å². The maximum atomic E-state index is 12.3. The molecule has 1 heterocycles. The van der Waals surface area contributed by atoms with Crippen molar-refractivity contribution in [2.75, 3.05) is 13.6 Å². The third kappa shape index (κ3) is 2.76. The van der Waals surface area contributed by atoms with Crippen LogP contribution in [0.3, 0.4) is 0 Å². The number of carbonyl (C=O) groups excluding carboxylic acids is 1. The Morgan fingerprint density at radius 2 is 1.94 bits per heavy atom. The maximum Gasteiger partial charge on any atom is 0.327 e. The van der Waals surface area contributed by atoms with Gasteiger partial charge in [0.25, 0.3) is 0 Å². The normalized spacial score (nSPS) is 23.0. The molecule has 18 heavy (non-hydrogen) atoms. The van der Waals surface area contributed by atoms with Gasteiger partial charge in [0.1, 0.15) is 6.04 Å². The van der Waals surface area contributed by atoms with Gasteiger partial charge in [-0.05, 0) is 32.1 Å². The fraction of sp³-hybridized carbons (Fsp3) is 0.846. The summed E-state index contributed by atoms with van der Waals surface area (Å²) in [5.74, 6) is -0.912. The molecule has 1 unspecified atom stereocenters. The van der Waals surface area contributed by atoms with Crippen LogP contribution in [0.25, 0.3) is 0 Å². The lowest BCUT2D eigenvalue weighted by Crippen LogP contribution is -2.59. The number of rotatable bonds is 2. The lowest BCUT2D eigenvalue weighted by molar-refractivity contribution is -0.148. The minimum atomic E-state index is -0.912. The van der Waals surface area contributed by atoms with Crippen molar-refractivity contribution >= 4 is 12.0 Å². The Bertz CT molecular complexity index is 339. The van der Waals surface area contributed by atoms with Crippen molar-refractivity contribution < 1.29 is 14.7 Å². The van der Waals surface area contributed by atoms with E-state index in [9.17, 15) is 14.7 Å². The summed E-state index contributed by atoms with van der Waals surface area (Å²) in [5, 5.41) is 9.40. The van der Waals surface area contributed by atoms with Crippen LogP contribution >= 0.6 is 0 Å². The molecule has 0 aromatic rings. The quantitative estimate of drug-likeness (QED) is 0.822. The van der Waals surface area contributed by atoms with Crippen LogP contribution < -0.4 is 0 Å². The van der Waals surface area contributed by atoms with Crippen LogP contribution in [-0.4, -0.2) is 52.6 Å². The topological polar surface area (TPSA) is 60.9 Å². The summed E-state index contributed by atoms with van der Waals surface area (Å²) >= 11 is 0. The molecule has 1 aliphatic heterocycles. The Morgan fingerprint density at radius 3 is 2.39 bits per heavy atom. The second-order valence-corrected chi connectivity index (χ2v) is 6.01. The fourth-order valence-electron chi connectivity index (χ4n) is 2.49. The molecular weight excluding hydrogens is 232 g/mol. The van der Waals surface area contributed by atoms with E-state index in [1.165, 1.54) is 4.90 Å². The number of likely N-dealkylation sites (tertiary alicyclic amines) is 1. The van der Waals surface area contributed by atoms with Gasteiger partial charge < -0.3 is 14.9 Å². The van der Waals surface area contributed by atoms with Gasteiger partial charge in [-0.1, -0.05) is 13.8 Å². The Hall–Kier alpha value is -1.26. The van der Waals surface area contributed by atoms with Crippen LogP contribution in [0.1, 0.15) is 40.5 Å². The van der Waals surface area contributed by atoms with Gasteiger partial charge in [0.15, 0.2) is 0 Å². The van der Waals surface area contributed by atoms with Crippen molar-refractivity contribution in [1.82, 2.24) is 9.80 Å². The minimum absolute atomic E-state index is 0.0667. The Labute approximate surface area is 109 Å². The van der Waals surface area contributed by atoms with Crippen molar-refractivity contribution in [3.8, 4) is 0 Å². The molecule has 104 valence electrons. The van der Waals surface area contributed by atoms with E-state index in [0.29, 0.717) is 6.54 Å². The highest BCUT2D eigenvalue weighted by atomic mass is 16.4. The second-order valence-electron chi connectivity index (χ2n) is 6.01. The van der Waals surface area contributed by atoms with Crippen LogP contribution in [0.2, 0.25) is 0 Å². The van der Waals surface area contributed by atoms with Crippen LogP contribution in [0.4, 0.5) is 4.79 Å². The molecule has 1 fully saturated rings. The van der Waals surface area contributed by atoms with Crippen molar-refractivity contribution in [3.05, 3.63) is 0 Å². The summed E-state index contributed by atoms with van der Waals surface area (Å²) in [5.41, 5.74) is -0.377. The summed E-state index contributed by atoms with van der Waals surface area (Å²) in [4.78, 5) is 26.9. The van der Waals surface area contributed by atoms with E-state index in [1.807, 2.05) is 27.7 Å². The predicted molar refractivity (Wildman–Crippen MR) is 69.4 cm³/mol. The van der Waals surface area contributed by atoms with E-state index in [0.717, 1.165) is 12.8 Å². The van der Waals surface area contributed by atoms with Crippen molar-refractivity contribution in [2.45, 2.75) is 52.6 Å². The number of carboxylic acids is 1. The van der Waals surface area contributed by atoms with E-state index >= 15 is 0 Å². The average Bonchev–Trinajstić information content (AvgIpc) is 2.24. The van der Waals surface area contributed by atoms with Gasteiger partial charge in [0, 0.05) is 19.6 Å². The predicted octanol–water partition coefficient (Wildman–Crippen LogP) is 2.02. The lowest BCUT2D eigenvalue weighted by Gasteiger charge is -2.45. The van der Waals surface area contributed by atoms with E-state index in [1.54, 1.807) is 11.9 Å². The highest BCUT2D eigenvalue weighted by Gasteiger charge is 2.45. The van der Waals surface area contributed by atoms with E-state index in [-0.39, 0.29) is 17.5 Å². The number of amides is 2. The number of urea groups is 1. The molecule has 0 radical (unpaired) electrons. The molecule has 0 spiro atoms. The Balaban J connectivity index is 2.98. The highest BCUT2D eigenvalue weighted by Crippen LogP contribution is 2.35. The second kappa shape index (κ2) is 5.16. The molecule has 0 aliphatic carbocycles. The van der Waals surface area contributed by atoms with Crippen LogP contribution in [-0.2, 0) is 4.79 Å².